The molecule has 0 unspecified atom stereocenters. The number of thioether (sulfide) groups is 1. The Morgan fingerprint density at radius 1 is 1.30 bits per heavy atom. The van der Waals surface area contributed by atoms with E-state index in [4.69, 9.17) is 16.7 Å². The minimum absolute atomic E-state index is 0.0452. The molecular formula is C20H22N2O3S2. The molecule has 0 saturated carbocycles. The van der Waals surface area contributed by atoms with E-state index in [0.29, 0.717) is 22.0 Å². The number of aryl methyl sites for hydroxylation is 2. The van der Waals surface area contributed by atoms with E-state index >= 15 is 0 Å². The molecule has 2 aromatic rings. The third kappa shape index (κ3) is 2.21. The fraction of sp³-hybridized carbons (Fsp3) is 0.450. The molecule has 1 aromatic carbocycles. The van der Waals surface area contributed by atoms with Gasteiger partial charge in [-0.2, -0.15) is 0 Å². The highest BCUT2D eigenvalue weighted by Crippen LogP contribution is 2.64. The molecule has 4 rings (SSSR count). The predicted molar refractivity (Wildman–Crippen MR) is 110 cm³/mol. The van der Waals surface area contributed by atoms with E-state index in [9.17, 15) is 9.90 Å². The lowest BCUT2D eigenvalue weighted by Gasteiger charge is -2.51. The fourth-order valence-corrected chi connectivity index (χ4v) is 6.70. The molecule has 3 heterocycles. The van der Waals surface area contributed by atoms with Gasteiger partial charge in [0.05, 0.1) is 20.7 Å². The molecular weight excluding hydrogens is 380 g/mol. The van der Waals surface area contributed by atoms with Gasteiger partial charge in [0.25, 0.3) is 0 Å². The first-order chi connectivity index (χ1) is 12.6. The van der Waals surface area contributed by atoms with Crippen LogP contribution in [0.4, 0.5) is 0 Å². The summed E-state index contributed by atoms with van der Waals surface area (Å²) in [5.74, 6) is -0.227. The zero-order valence-corrected chi connectivity index (χ0v) is 17.6. The zero-order chi connectivity index (χ0) is 19.7. The van der Waals surface area contributed by atoms with E-state index in [1.807, 2.05) is 49.9 Å². The largest absolute Gasteiger partial charge is 0.479 e. The average Bonchev–Trinajstić information content (AvgIpc) is 3.09. The first-order valence-corrected chi connectivity index (χ1v) is 10.2. The molecule has 2 aliphatic heterocycles. The van der Waals surface area contributed by atoms with Crippen LogP contribution < -0.4 is 0 Å². The first-order valence-electron chi connectivity index (χ1n) is 8.91. The Morgan fingerprint density at radius 3 is 2.52 bits per heavy atom. The van der Waals surface area contributed by atoms with Crippen molar-refractivity contribution in [2.24, 2.45) is 5.92 Å². The monoisotopic (exact) mass is 402 g/mol. The third-order valence-corrected chi connectivity index (χ3v) is 8.13. The molecule has 142 valence electrons. The molecule has 3 atom stereocenters. The van der Waals surface area contributed by atoms with Crippen molar-refractivity contribution in [1.82, 2.24) is 10.1 Å². The Labute approximate surface area is 168 Å². The molecule has 2 aliphatic rings. The Bertz CT molecular complexity index is 951. The van der Waals surface area contributed by atoms with E-state index in [0.717, 1.165) is 11.1 Å². The van der Waals surface area contributed by atoms with Crippen LogP contribution in [0.5, 0.6) is 0 Å². The minimum Gasteiger partial charge on any atom is -0.479 e. The molecule has 0 amide bonds. The Balaban J connectivity index is 2.00. The van der Waals surface area contributed by atoms with E-state index in [-0.39, 0.29) is 11.3 Å². The highest BCUT2D eigenvalue weighted by molar-refractivity contribution is 8.01. The SMILES string of the molecule is Cc1ccc(-c2noc(C)c2[C@@]2(C(=O)O)N3C(=S)[C@@H](C)[C@H]3SC2(C)C)cc1. The Morgan fingerprint density at radius 2 is 1.93 bits per heavy atom. The fourth-order valence-electron chi connectivity index (χ4n) is 4.39. The second-order valence-electron chi connectivity index (χ2n) is 7.86. The van der Waals surface area contributed by atoms with Crippen LogP contribution in [-0.2, 0) is 10.3 Å². The molecule has 0 aliphatic carbocycles. The minimum atomic E-state index is -1.32. The number of carboxylic acids is 1. The first kappa shape index (κ1) is 18.5. The van der Waals surface area contributed by atoms with Gasteiger partial charge in [-0.15, -0.1) is 11.8 Å². The second kappa shape index (κ2) is 5.82. The summed E-state index contributed by atoms with van der Waals surface area (Å²) in [4.78, 5) is 15.5. The Kier molecular flexibility index (Phi) is 3.99. The van der Waals surface area contributed by atoms with Crippen molar-refractivity contribution in [2.75, 3.05) is 0 Å². The maximum Gasteiger partial charge on any atom is 0.336 e. The van der Waals surface area contributed by atoms with E-state index in [2.05, 4.69) is 12.1 Å². The summed E-state index contributed by atoms with van der Waals surface area (Å²) in [5, 5.41) is 14.9. The second-order valence-corrected chi connectivity index (χ2v) is 10.0. The number of aromatic nitrogens is 1. The lowest BCUT2D eigenvalue weighted by molar-refractivity contribution is -0.152. The molecule has 5 nitrogen and oxygen atoms in total. The summed E-state index contributed by atoms with van der Waals surface area (Å²) in [5.41, 5.74) is 1.83. The van der Waals surface area contributed by atoms with Gasteiger partial charge in [0.15, 0.2) is 5.54 Å². The van der Waals surface area contributed by atoms with Gasteiger partial charge in [0.2, 0.25) is 0 Å². The number of benzene rings is 1. The molecule has 0 radical (unpaired) electrons. The van der Waals surface area contributed by atoms with Gasteiger partial charge < -0.3 is 14.5 Å². The standard InChI is InChI=1S/C20H22N2O3S2/c1-10-6-8-13(9-7-10)15-14(12(3)25-21-15)20(18(23)24)19(4,5)27-17-11(2)16(26)22(17)20/h6-9,11,17H,1-5H3,(H,23,24)/t11-,17-,20+/m1/s1. The number of rotatable bonds is 3. The summed E-state index contributed by atoms with van der Waals surface area (Å²) in [7, 11) is 0. The summed E-state index contributed by atoms with van der Waals surface area (Å²) in [6.07, 6.45) is 0. The average molecular weight is 403 g/mol. The van der Waals surface area contributed by atoms with Crippen LogP contribution in [0.3, 0.4) is 0 Å². The molecule has 2 saturated heterocycles. The number of aliphatic carboxylic acids is 1. The number of thiocarbonyl (C=S) groups is 1. The van der Waals surface area contributed by atoms with Crippen molar-refractivity contribution in [2.45, 2.75) is 50.3 Å². The molecule has 7 heteroatoms. The quantitative estimate of drug-likeness (QED) is 0.765. The van der Waals surface area contributed by atoms with Crippen molar-refractivity contribution in [3.63, 3.8) is 0 Å². The highest BCUT2D eigenvalue weighted by Gasteiger charge is 2.72. The lowest BCUT2D eigenvalue weighted by atomic mass is 9.73. The number of hydrogen-bond donors (Lipinski definition) is 1. The molecule has 2 fully saturated rings. The Hall–Kier alpha value is -1.86. The number of fused-ring (bicyclic) bond motifs is 1. The lowest BCUT2D eigenvalue weighted by Crippen LogP contribution is -2.67. The predicted octanol–water partition coefficient (Wildman–Crippen LogP) is 4.37. The summed E-state index contributed by atoms with van der Waals surface area (Å²) in [6, 6.07) is 7.89. The molecule has 1 aromatic heterocycles. The van der Waals surface area contributed by atoms with Crippen LogP contribution in [0, 0.1) is 19.8 Å². The summed E-state index contributed by atoms with van der Waals surface area (Å²) in [6.45, 7) is 9.81. The molecule has 27 heavy (non-hydrogen) atoms. The molecule has 0 bridgehead atoms. The topological polar surface area (TPSA) is 66.6 Å². The van der Waals surface area contributed by atoms with E-state index < -0.39 is 16.3 Å². The highest BCUT2D eigenvalue weighted by atomic mass is 32.2. The van der Waals surface area contributed by atoms with Gasteiger partial charge in [-0.1, -0.05) is 54.1 Å². The maximum absolute atomic E-state index is 12.9. The smallest absolute Gasteiger partial charge is 0.336 e. The van der Waals surface area contributed by atoms with E-state index in [1.165, 1.54) is 0 Å². The van der Waals surface area contributed by atoms with Crippen LogP contribution >= 0.6 is 24.0 Å². The van der Waals surface area contributed by atoms with Crippen LogP contribution in [0.1, 0.15) is 37.7 Å². The van der Waals surface area contributed by atoms with Gasteiger partial charge >= 0.3 is 5.97 Å². The van der Waals surface area contributed by atoms with Gasteiger partial charge in [0, 0.05) is 11.5 Å². The number of nitrogens with zero attached hydrogens (tertiary/aromatic N) is 2. The van der Waals surface area contributed by atoms with Gasteiger partial charge in [0.1, 0.15) is 11.5 Å². The maximum atomic E-state index is 12.9. The molecule has 1 N–H and O–H groups in total. The third-order valence-electron chi connectivity index (χ3n) is 5.82. The van der Waals surface area contributed by atoms with Crippen molar-refractivity contribution >= 4 is 34.9 Å². The zero-order valence-electron chi connectivity index (χ0n) is 15.9. The number of carboxylic acid groups (broad SMARTS) is 1. The number of hydrogen-bond acceptors (Lipinski definition) is 5. The number of carbonyl (C=O) groups is 1. The van der Waals surface area contributed by atoms with Crippen molar-refractivity contribution in [3.05, 3.63) is 41.2 Å². The van der Waals surface area contributed by atoms with Gasteiger partial charge in [-0.25, -0.2) is 4.79 Å². The van der Waals surface area contributed by atoms with Crippen LogP contribution in [0.15, 0.2) is 28.8 Å². The van der Waals surface area contributed by atoms with Crippen molar-refractivity contribution < 1.29 is 14.4 Å². The summed E-state index contributed by atoms with van der Waals surface area (Å²) < 4.78 is 4.92. The summed E-state index contributed by atoms with van der Waals surface area (Å²) >= 11 is 7.27. The molecule has 0 spiro atoms. The normalized spacial score (nSPS) is 28.8. The van der Waals surface area contributed by atoms with Gasteiger partial charge in [-0.05, 0) is 27.7 Å². The van der Waals surface area contributed by atoms with Crippen molar-refractivity contribution in [3.8, 4) is 11.3 Å². The van der Waals surface area contributed by atoms with Gasteiger partial charge in [-0.3, -0.25) is 0 Å². The van der Waals surface area contributed by atoms with Crippen LogP contribution in [0.2, 0.25) is 0 Å². The van der Waals surface area contributed by atoms with Crippen molar-refractivity contribution in [1.29, 1.82) is 0 Å². The van der Waals surface area contributed by atoms with Crippen LogP contribution in [-0.4, -0.2) is 36.2 Å². The van der Waals surface area contributed by atoms with E-state index in [1.54, 1.807) is 18.7 Å². The van der Waals surface area contributed by atoms with Crippen LogP contribution in [0.25, 0.3) is 11.3 Å².